The Morgan fingerprint density at radius 3 is 2.38 bits per heavy atom. The van der Waals surface area contributed by atoms with Crippen LogP contribution in [0.1, 0.15) is 17.2 Å². The summed E-state index contributed by atoms with van der Waals surface area (Å²) in [4.78, 5) is 32.0. The number of para-hydroxylation sites is 1. The molecule has 3 aromatic carbocycles. The molecular weight excluding hydrogens is 451 g/mol. The van der Waals surface area contributed by atoms with Gasteiger partial charge in [0.25, 0.3) is 5.78 Å². The van der Waals surface area contributed by atoms with Crippen LogP contribution >= 0.6 is 22.9 Å². The molecule has 32 heavy (non-hydrogen) atoms. The van der Waals surface area contributed by atoms with Gasteiger partial charge in [0.15, 0.2) is 5.13 Å². The van der Waals surface area contributed by atoms with E-state index in [1.165, 1.54) is 40.5 Å². The van der Waals surface area contributed by atoms with Gasteiger partial charge >= 0.3 is 5.91 Å². The third-order valence-corrected chi connectivity index (χ3v) is 6.52. The molecule has 1 atom stereocenters. The molecule has 1 aliphatic rings. The minimum atomic E-state index is -0.966. The van der Waals surface area contributed by atoms with Crippen LogP contribution in [0.25, 0.3) is 16.0 Å². The van der Waals surface area contributed by atoms with Gasteiger partial charge in [-0.2, -0.15) is 0 Å². The molecule has 2 heterocycles. The van der Waals surface area contributed by atoms with Crippen LogP contribution in [-0.4, -0.2) is 21.8 Å². The van der Waals surface area contributed by atoms with E-state index in [-0.39, 0.29) is 11.3 Å². The second-order valence-corrected chi connectivity index (χ2v) is 8.64. The van der Waals surface area contributed by atoms with Gasteiger partial charge in [-0.3, -0.25) is 14.5 Å². The largest absolute Gasteiger partial charge is 0.507 e. The zero-order valence-corrected chi connectivity index (χ0v) is 17.9. The first kappa shape index (κ1) is 20.4. The predicted molar refractivity (Wildman–Crippen MR) is 122 cm³/mol. The van der Waals surface area contributed by atoms with Crippen molar-refractivity contribution in [1.29, 1.82) is 0 Å². The monoisotopic (exact) mass is 464 g/mol. The van der Waals surface area contributed by atoms with E-state index in [1.54, 1.807) is 24.3 Å². The fourth-order valence-corrected chi connectivity index (χ4v) is 4.83. The van der Waals surface area contributed by atoms with Gasteiger partial charge in [-0.15, -0.1) is 0 Å². The molecular formula is C24H14ClFN2O3S. The van der Waals surface area contributed by atoms with E-state index in [0.717, 1.165) is 4.70 Å². The Kier molecular flexibility index (Phi) is 5.00. The first-order chi connectivity index (χ1) is 15.4. The third-order valence-electron chi connectivity index (χ3n) is 5.24. The molecule has 1 unspecified atom stereocenters. The molecule has 4 aromatic rings. The zero-order valence-electron chi connectivity index (χ0n) is 16.3. The van der Waals surface area contributed by atoms with Crippen LogP contribution in [0.2, 0.25) is 5.02 Å². The lowest BCUT2D eigenvalue weighted by Crippen LogP contribution is -2.29. The van der Waals surface area contributed by atoms with Crippen LogP contribution in [-0.2, 0) is 9.59 Å². The minimum Gasteiger partial charge on any atom is -0.507 e. The van der Waals surface area contributed by atoms with E-state index in [9.17, 15) is 19.1 Å². The second-order valence-electron chi connectivity index (χ2n) is 7.19. The number of aliphatic hydroxyl groups is 1. The second kappa shape index (κ2) is 7.85. The number of Topliss-reactive ketones (excluding diaryl/α,β-unsaturated/α-hetero) is 1. The van der Waals surface area contributed by atoms with E-state index in [0.29, 0.717) is 26.8 Å². The summed E-state index contributed by atoms with van der Waals surface area (Å²) in [5.74, 6) is -2.44. The maximum Gasteiger partial charge on any atom is 0.301 e. The number of ketones is 1. The molecule has 0 radical (unpaired) electrons. The maximum absolute atomic E-state index is 13.6. The van der Waals surface area contributed by atoms with Crippen molar-refractivity contribution in [3.05, 3.63) is 100 Å². The third kappa shape index (κ3) is 3.36. The number of nitrogens with zero attached hydrogens (tertiary/aromatic N) is 2. The first-order valence-electron chi connectivity index (χ1n) is 9.62. The van der Waals surface area contributed by atoms with Gasteiger partial charge in [-0.05, 0) is 54.1 Å². The molecule has 8 heteroatoms. The Bertz CT molecular complexity index is 1360. The molecule has 1 amide bonds. The molecule has 5 nitrogen and oxygen atoms in total. The lowest BCUT2D eigenvalue weighted by atomic mass is 9.95. The highest BCUT2D eigenvalue weighted by Gasteiger charge is 2.48. The Balaban J connectivity index is 1.73. The average Bonchev–Trinajstić information content (AvgIpc) is 3.33. The highest BCUT2D eigenvalue weighted by atomic mass is 35.5. The summed E-state index contributed by atoms with van der Waals surface area (Å²) in [6.45, 7) is 0. The summed E-state index contributed by atoms with van der Waals surface area (Å²) in [7, 11) is 0. The number of fused-ring (bicyclic) bond motifs is 1. The molecule has 5 rings (SSSR count). The summed E-state index contributed by atoms with van der Waals surface area (Å²) in [5.41, 5.74) is 1.40. The number of aliphatic hydroxyl groups excluding tert-OH is 1. The topological polar surface area (TPSA) is 70.5 Å². The number of benzene rings is 3. The fraction of sp³-hybridized carbons (Fsp3) is 0.0417. The van der Waals surface area contributed by atoms with Crippen LogP contribution in [0, 0.1) is 5.82 Å². The number of carbonyl (C=O) groups excluding carboxylic acids is 2. The standard InChI is InChI=1S/C24H14ClFN2O3S/c25-15-9-5-14(6-10-15)21(29)19-20(13-7-11-16(26)12-8-13)28(23(31)22(19)30)24-27-17-3-1-2-4-18(17)32-24/h1-12,20,29H/b21-19+. The molecule has 1 aliphatic heterocycles. The molecule has 0 saturated carbocycles. The molecule has 1 saturated heterocycles. The quantitative estimate of drug-likeness (QED) is 0.239. The number of rotatable bonds is 3. The van der Waals surface area contributed by atoms with E-state index >= 15 is 0 Å². The van der Waals surface area contributed by atoms with Gasteiger partial charge in [-0.25, -0.2) is 9.37 Å². The highest BCUT2D eigenvalue weighted by Crippen LogP contribution is 2.44. The lowest BCUT2D eigenvalue weighted by molar-refractivity contribution is -0.132. The SMILES string of the molecule is O=C1C(=O)N(c2nc3ccccc3s2)C(c2ccc(F)cc2)/C1=C(\O)c1ccc(Cl)cc1. The summed E-state index contributed by atoms with van der Waals surface area (Å²) in [5, 5.41) is 11.8. The van der Waals surface area contributed by atoms with Crippen molar-refractivity contribution in [1.82, 2.24) is 4.98 Å². The van der Waals surface area contributed by atoms with Crippen molar-refractivity contribution in [2.24, 2.45) is 0 Å². The van der Waals surface area contributed by atoms with Crippen molar-refractivity contribution in [3.63, 3.8) is 0 Å². The molecule has 1 N–H and O–H groups in total. The van der Waals surface area contributed by atoms with E-state index in [1.807, 2.05) is 24.3 Å². The Hall–Kier alpha value is -3.55. The first-order valence-corrected chi connectivity index (χ1v) is 10.8. The van der Waals surface area contributed by atoms with E-state index in [4.69, 9.17) is 11.6 Å². The molecule has 1 fully saturated rings. The zero-order chi connectivity index (χ0) is 22.4. The van der Waals surface area contributed by atoms with Gasteiger partial charge < -0.3 is 5.11 Å². The Morgan fingerprint density at radius 2 is 1.69 bits per heavy atom. The number of hydrogen-bond donors (Lipinski definition) is 1. The van der Waals surface area contributed by atoms with Crippen LogP contribution in [0.5, 0.6) is 0 Å². The summed E-state index contributed by atoms with van der Waals surface area (Å²) < 4.78 is 14.5. The number of aromatic nitrogens is 1. The number of anilines is 1. The van der Waals surface area contributed by atoms with Crippen LogP contribution in [0.3, 0.4) is 0 Å². The Morgan fingerprint density at radius 1 is 1.00 bits per heavy atom. The minimum absolute atomic E-state index is 0.0943. The molecule has 0 bridgehead atoms. The van der Waals surface area contributed by atoms with Crippen molar-refractivity contribution in [2.75, 3.05) is 4.90 Å². The molecule has 158 valence electrons. The van der Waals surface area contributed by atoms with E-state index in [2.05, 4.69) is 4.98 Å². The smallest absolute Gasteiger partial charge is 0.301 e. The molecule has 1 aromatic heterocycles. The van der Waals surface area contributed by atoms with Crippen LogP contribution < -0.4 is 4.90 Å². The average molecular weight is 465 g/mol. The van der Waals surface area contributed by atoms with Crippen LogP contribution in [0.15, 0.2) is 78.4 Å². The number of hydrogen-bond acceptors (Lipinski definition) is 5. The van der Waals surface area contributed by atoms with Gasteiger partial charge in [0.05, 0.1) is 21.8 Å². The van der Waals surface area contributed by atoms with Crippen molar-refractivity contribution in [2.45, 2.75) is 6.04 Å². The van der Waals surface area contributed by atoms with Gasteiger partial charge in [0, 0.05) is 10.6 Å². The normalized spacial score (nSPS) is 17.9. The summed E-state index contributed by atoms with van der Waals surface area (Å²) >= 11 is 7.20. The van der Waals surface area contributed by atoms with Gasteiger partial charge in [-0.1, -0.05) is 47.2 Å². The van der Waals surface area contributed by atoms with Crippen molar-refractivity contribution in [3.8, 4) is 0 Å². The molecule has 0 spiro atoms. The summed E-state index contributed by atoms with van der Waals surface area (Å²) in [6.07, 6.45) is 0. The number of thiazole rings is 1. The number of amides is 1. The number of halogens is 2. The van der Waals surface area contributed by atoms with Gasteiger partial charge in [0.1, 0.15) is 11.6 Å². The fourth-order valence-electron chi connectivity index (χ4n) is 3.72. The number of carbonyl (C=O) groups is 2. The van der Waals surface area contributed by atoms with E-state index < -0.39 is 23.5 Å². The lowest BCUT2D eigenvalue weighted by Gasteiger charge is -2.23. The molecule has 0 aliphatic carbocycles. The van der Waals surface area contributed by atoms with Crippen molar-refractivity contribution >= 4 is 55.7 Å². The summed E-state index contributed by atoms with van der Waals surface area (Å²) in [6, 6.07) is 18.1. The van der Waals surface area contributed by atoms with Gasteiger partial charge in [0.2, 0.25) is 0 Å². The van der Waals surface area contributed by atoms with Crippen LogP contribution in [0.4, 0.5) is 9.52 Å². The Labute approximate surface area is 191 Å². The highest BCUT2D eigenvalue weighted by molar-refractivity contribution is 7.22. The predicted octanol–water partition coefficient (Wildman–Crippen LogP) is 5.72. The maximum atomic E-state index is 13.6. The van der Waals surface area contributed by atoms with Crippen molar-refractivity contribution < 1.29 is 19.1 Å².